The van der Waals surface area contributed by atoms with E-state index in [1.807, 2.05) is 30.5 Å². The molecule has 3 aromatic rings. The second-order valence-electron chi connectivity index (χ2n) is 4.39. The third-order valence-electron chi connectivity index (χ3n) is 2.90. The van der Waals surface area contributed by atoms with E-state index in [1.165, 1.54) is 22.7 Å². The minimum atomic E-state index is -0.201. The summed E-state index contributed by atoms with van der Waals surface area (Å²) >= 11 is 2.79. The second kappa shape index (κ2) is 5.63. The molecule has 2 aromatic heterocycles. The fraction of sp³-hybridized carbons (Fsp3) is 0.0714. The van der Waals surface area contributed by atoms with Gasteiger partial charge in [-0.3, -0.25) is 10.1 Å². The molecule has 5 nitrogen and oxygen atoms in total. The first-order chi connectivity index (χ1) is 10.1. The summed E-state index contributed by atoms with van der Waals surface area (Å²) in [4.78, 5) is 12.0. The highest BCUT2D eigenvalue weighted by molar-refractivity contribution is 7.20. The minimum Gasteiger partial charge on any atom is -0.390 e. The third-order valence-corrected chi connectivity index (χ3v) is 4.68. The maximum atomic E-state index is 12.0. The van der Waals surface area contributed by atoms with Crippen molar-refractivity contribution in [3.8, 4) is 10.6 Å². The average molecular weight is 316 g/mol. The molecule has 0 saturated carbocycles. The van der Waals surface area contributed by atoms with Gasteiger partial charge in [0.25, 0.3) is 5.91 Å². The number of nitrogens with zero attached hydrogens (tertiary/aromatic N) is 2. The molecular weight excluding hydrogens is 304 g/mol. The first kappa shape index (κ1) is 13.7. The number of thiophene rings is 1. The highest BCUT2D eigenvalue weighted by Gasteiger charge is 2.15. The number of nitrogens with one attached hydrogen (secondary N) is 1. The van der Waals surface area contributed by atoms with Crippen LogP contribution in [0.5, 0.6) is 0 Å². The minimum absolute atomic E-state index is 0.201. The first-order valence-corrected chi connectivity index (χ1v) is 7.88. The van der Waals surface area contributed by atoms with Gasteiger partial charge in [0.2, 0.25) is 5.13 Å². The zero-order chi connectivity index (χ0) is 14.8. The molecule has 21 heavy (non-hydrogen) atoms. The summed E-state index contributed by atoms with van der Waals surface area (Å²) < 4.78 is 0. The van der Waals surface area contributed by atoms with Gasteiger partial charge in [-0.05, 0) is 30.0 Å². The van der Waals surface area contributed by atoms with E-state index in [2.05, 4.69) is 15.5 Å². The quantitative estimate of drug-likeness (QED) is 0.776. The monoisotopic (exact) mass is 316 g/mol. The van der Waals surface area contributed by atoms with Gasteiger partial charge in [-0.25, -0.2) is 0 Å². The molecule has 0 aliphatic carbocycles. The first-order valence-electron chi connectivity index (χ1n) is 6.19. The Kier molecular flexibility index (Phi) is 3.68. The van der Waals surface area contributed by atoms with Crippen molar-refractivity contribution in [2.24, 2.45) is 0 Å². The van der Waals surface area contributed by atoms with E-state index in [9.17, 15) is 4.79 Å². The Morgan fingerprint density at radius 1 is 1.24 bits per heavy atom. The summed E-state index contributed by atoms with van der Waals surface area (Å²) in [6.45, 7) is 1.98. The van der Waals surface area contributed by atoms with Crippen LogP contribution in [-0.2, 0) is 0 Å². The molecular formula is C14H12N4OS2. The smallest absolute Gasteiger partial charge is 0.257 e. The van der Waals surface area contributed by atoms with Crippen molar-refractivity contribution in [2.45, 2.75) is 6.92 Å². The SMILES string of the molecule is Cc1csc(N)c1-c1nnc(NC(=O)c2ccccc2)s1. The number of hydrogen-bond acceptors (Lipinski definition) is 6. The van der Waals surface area contributed by atoms with Gasteiger partial charge in [-0.1, -0.05) is 29.5 Å². The van der Waals surface area contributed by atoms with Crippen molar-refractivity contribution in [1.29, 1.82) is 0 Å². The van der Waals surface area contributed by atoms with Crippen LogP contribution in [0.3, 0.4) is 0 Å². The van der Waals surface area contributed by atoms with Gasteiger partial charge < -0.3 is 5.73 Å². The Balaban J connectivity index is 1.82. The number of nitrogens with two attached hydrogens (primary N) is 1. The van der Waals surface area contributed by atoms with Crippen molar-refractivity contribution in [2.75, 3.05) is 11.1 Å². The van der Waals surface area contributed by atoms with Gasteiger partial charge in [0, 0.05) is 11.1 Å². The zero-order valence-electron chi connectivity index (χ0n) is 11.2. The van der Waals surface area contributed by atoms with E-state index >= 15 is 0 Å². The fourth-order valence-corrected chi connectivity index (χ4v) is 3.60. The van der Waals surface area contributed by atoms with Crippen LogP contribution in [0.1, 0.15) is 15.9 Å². The number of nitrogen functional groups attached to an aromatic ring is 1. The number of benzene rings is 1. The lowest BCUT2D eigenvalue weighted by molar-refractivity contribution is 0.102. The van der Waals surface area contributed by atoms with Gasteiger partial charge in [-0.15, -0.1) is 21.5 Å². The number of aryl methyl sites for hydroxylation is 1. The van der Waals surface area contributed by atoms with Gasteiger partial charge in [0.15, 0.2) is 5.01 Å². The maximum absolute atomic E-state index is 12.0. The van der Waals surface area contributed by atoms with Crippen LogP contribution in [0.15, 0.2) is 35.7 Å². The highest BCUT2D eigenvalue weighted by atomic mass is 32.1. The number of rotatable bonds is 3. The number of anilines is 2. The molecule has 1 amide bonds. The van der Waals surface area contributed by atoms with Crippen LogP contribution >= 0.6 is 22.7 Å². The molecule has 0 atom stereocenters. The largest absolute Gasteiger partial charge is 0.390 e. The molecule has 3 rings (SSSR count). The number of carbonyl (C=O) groups is 1. The van der Waals surface area contributed by atoms with Crippen molar-refractivity contribution in [3.05, 3.63) is 46.8 Å². The van der Waals surface area contributed by atoms with Crippen molar-refractivity contribution < 1.29 is 4.79 Å². The normalized spacial score (nSPS) is 10.5. The molecule has 3 N–H and O–H groups in total. The maximum Gasteiger partial charge on any atom is 0.257 e. The standard InChI is InChI=1S/C14H12N4OS2/c1-8-7-20-11(15)10(8)13-17-18-14(21-13)16-12(19)9-5-3-2-4-6-9/h2-7H,15H2,1H3,(H,16,18,19). The Bertz CT molecular complexity index is 760. The molecule has 0 radical (unpaired) electrons. The molecule has 0 aliphatic heterocycles. The van der Waals surface area contributed by atoms with E-state index in [4.69, 9.17) is 5.73 Å². The fourth-order valence-electron chi connectivity index (χ4n) is 1.87. The van der Waals surface area contributed by atoms with Crippen LogP contribution in [0.25, 0.3) is 10.6 Å². The Labute approximate surface area is 129 Å². The van der Waals surface area contributed by atoms with Crippen LogP contribution in [0, 0.1) is 6.92 Å². The lowest BCUT2D eigenvalue weighted by atomic mass is 10.2. The molecule has 0 unspecified atom stereocenters. The summed E-state index contributed by atoms with van der Waals surface area (Å²) in [6.07, 6.45) is 0. The van der Waals surface area contributed by atoms with Crippen LogP contribution in [0.4, 0.5) is 10.1 Å². The summed E-state index contributed by atoms with van der Waals surface area (Å²) in [7, 11) is 0. The van der Waals surface area contributed by atoms with E-state index in [-0.39, 0.29) is 5.91 Å². The van der Waals surface area contributed by atoms with Crippen LogP contribution in [-0.4, -0.2) is 16.1 Å². The summed E-state index contributed by atoms with van der Waals surface area (Å²) in [6, 6.07) is 8.99. The van der Waals surface area contributed by atoms with Gasteiger partial charge in [-0.2, -0.15) is 0 Å². The predicted octanol–water partition coefficient (Wildman–Crippen LogP) is 3.41. The lowest BCUT2D eigenvalue weighted by Gasteiger charge is -1.99. The number of amides is 1. The van der Waals surface area contributed by atoms with E-state index in [0.29, 0.717) is 15.7 Å². The van der Waals surface area contributed by atoms with Crippen molar-refractivity contribution >= 4 is 38.7 Å². The predicted molar refractivity (Wildman–Crippen MR) is 86.8 cm³/mol. The zero-order valence-corrected chi connectivity index (χ0v) is 12.8. The van der Waals surface area contributed by atoms with E-state index in [0.717, 1.165) is 16.1 Å². The van der Waals surface area contributed by atoms with Crippen LogP contribution < -0.4 is 11.1 Å². The Morgan fingerprint density at radius 2 is 2.00 bits per heavy atom. The molecule has 0 spiro atoms. The average Bonchev–Trinajstić information content (AvgIpc) is 3.06. The Morgan fingerprint density at radius 3 is 2.67 bits per heavy atom. The van der Waals surface area contributed by atoms with E-state index in [1.54, 1.807) is 12.1 Å². The number of carbonyl (C=O) groups excluding carboxylic acids is 1. The van der Waals surface area contributed by atoms with Crippen LogP contribution in [0.2, 0.25) is 0 Å². The summed E-state index contributed by atoms with van der Waals surface area (Å²) in [5.74, 6) is -0.201. The number of aromatic nitrogens is 2. The Hall–Kier alpha value is -2.25. The molecule has 2 heterocycles. The van der Waals surface area contributed by atoms with Crippen molar-refractivity contribution in [1.82, 2.24) is 10.2 Å². The van der Waals surface area contributed by atoms with Gasteiger partial charge in [0.1, 0.15) is 0 Å². The number of hydrogen-bond donors (Lipinski definition) is 2. The highest BCUT2D eigenvalue weighted by Crippen LogP contribution is 2.37. The molecule has 0 saturated heterocycles. The van der Waals surface area contributed by atoms with Gasteiger partial charge >= 0.3 is 0 Å². The second-order valence-corrected chi connectivity index (χ2v) is 6.28. The molecule has 7 heteroatoms. The van der Waals surface area contributed by atoms with E-state index < -0.39 is 0 Å². The molecule has 0 aliphatic rings. The third kappa shape index (κ3) is 2.79. The van der Waals surface area contributed by atoms with Gasteiger partial charge in [0.05, 0.1) is 5.00 Å². The summed E-state index contributed by atoms with van der Waals surface area (Å²) in [5, 5.41) is 14.7. The van der Waals surface area contributed by atoms with Crippen molar-refractivity contribution in [3.63, 3.8) is 0 Å². The molecule has 0 fully saturated rings. The molecule has 0 bridgehead atoms. The molecule has 106 valence electrons. The lowest BCUT2D eigenvalue weighted by Crippen LogP contribution is -2.11. The summed E-state index contributed by atoms with van der Waals surface area (Å²) in [5.41, 5.74) is 8.49. The topological polar surface area (TPSA) is 80.9 Å². The molecule has 1 aromatic carbocycles.